The Hall–Kier alpha value is -3.34. The minimum absolute atomic E-state index is 0.0120. The second-order valence-electron chi connectivity index (χ2n) is 8.05. The van der Waals surface area contributed by atoms with Crippen molar-refractivity contribution < 1.29 is 23.4 Å². The zero-order chi connectivity index (χ0) is 24.9. The van der Waals surface area contributed by atoms with Gasteiger partial charge in [0.15, 0.2) is 5.82 Å². The van der Waals surface area contributed by atoms with Crippen molar-refractivity contribution in [2.24, 2.45) is 5.73 Å². The first-order valence-corrected chi connectivity index (χ1v) is 10.9. The molecule has 11 heteroatoms. The molecule has 0 aromatic heterocycles. The summed E-state index contributed by atoms with van der Waals surface area (Å²) in [6.07, 6.45) is 1.38. The molecule has 2 aliphatic heterocycles. The highest BCUT2D eigenvalue weighted by Gasteiger charge is 2.38. The average Bonchev–Trinajstić information content (AvgIpc) is 2.77. The normalized spacial score (nSPS) is 15.7. The van der Waals surface area contributed by atoms with Gasteiger partial charge in [-0.1, -0.05) is 18.2 Å². The van der Waals surface area contributed by atoms with Crippen molar-refractivity contribution >= 4 is 51.6 Å². The largest absolute Gasteiger partial charge is 0.462 e. The number of benzene rings is 2. The van der Waals surface area contributed by atoms with Crippen molar-refractivity contribution in [1.82, 2.24) is 0 Å². The maximum absolute atomic E-state index is 15.5. The molecule has 34 heavy (non-hydrogen) atoms. The van der Waals surface area contributed by atoms with E-state index in [1.165, 1.54) is 17.2 Å². The summed E-state index contributed by atoms with van der Waals surface area (Å²) in [5, 5.41) is 9.89. The Labute approximate surface area is 199 Å². The van der Waals surface area contributed by atoms with Gasteiger partial charge in [-0.3, -0.25) is 0 Å². The molecule has 0 bridgehead atoms. The van der Waals surface area contributed by atoms with E-state index >= 15 is 4.39 Å². The van der Waals surface area contributed by atoms with Crippen LogP contribution in [0.1, 0.15) is 18.1 Å². The number of aliphatic hydroxyl groups excluding tert-OH is 1. The summed E-state index contributed by atoms with van der Waals surface area (Å²) in [7, 11) is 0. The Morgan fingerprint density at radius 2 is 1.97 bits per heavy atom. The van der Waals surface area contributed by atoms with Gasteiger partial charge in [0.1, 0.15) is 5.82 Å². The molecule has 2 aliphatic rings. The molecule has 0 spiro atoms. The van der Waals surface area contributed by atoms with E-state index < -0.39 is 24.2 Å². The van der Waals surface area contributed by atoms with Gasteiger partial charge >= 0.3 is 5.97 Å². The summed E-state index contributed by atoms with van der Waals surface area (Å²) in [5.41, 5.74) is 18.2. The highest BCUT2D eigenvalue weighted by atomic mass is 35.5. The van der Waals surface area contributed by atoms with Crippen LogP contribution in [0.5, 0.6) is 0 Å². The number of carbonyl (C=O) groups is 1. The Kier molecular flexibility index (Phi) is 6.15. The first-order valence-electron chi connectivity index (χ1n) is 10.5. The van der Waals surface area contributed by atoms with E-state index in [0.29, 0.717) is 13.1 Å². The highest BCUT2D eigenvalue weighted by Crippen LogP contribution is 2.53. The SMILES string of the molecule is C=C1C(C(=O)OCC)=CN(c2cc(N)c(F)cc2CO)c2c(Cl)c(N3CC(N)C3)c(F)c(N)c21. The summed E-state index contributed by atoms with van der Waals surface area (Å²) in [6.45, 7) is 5.84. The quantitative estimate of drug-likeness (QED) is 0.371. The lowest BCUT2D eigenvalue weighted by Crippen LogP contribution is -2.56. The molecule has 2 aromatic rings. The third-order valence-electron chi connectivity index (χ3n) is 5.84. The second kappa shape index (κ2) is 8.79. The van der Waals surface area contributed by atoms with E-state index in [9.17, 15) is 14.3 Å². The molecule has 0 saturated carbocycles. The Morgan fingerprint density at radius 1 is 1.29 bits per heavy atom. The smallest absolute Gasteiger partial charge is 0.340 e. The molecule has 0 aliphatic carbocycles. The van der Waals surface area contributed by atoms with E-state index in [1.54, 1.807) is 11.8 Å². The van der Waals surface area contributed by atoms with Crippen LogP contribution in [0.15, 0.2) is 30.5 Å². The molecule has 2 heterocycles. The van der Waals surface area contributed by atoms with Crippen LogP contribution in [0, 0.1) is 11.6 Å². The van der Waals surface area contributed by atoms with Crippen molar-refractivity contribution in [3.8, 4) is 0 Å². The molecule has 4 rings (SSSR count). The van der Waals surface area contributed by atoms with Gasteiger partial charge in [-0.15, -0.1) is 0 Å². The van der Waals surface area contributed by atoms with Gasteiger partial charge < -0.3 is 36.8 Å². The summed E-state index contributed by atoms with van der Waals surface area (Å²) in [6, 6.07) is 2.21. The monoisotopic (exact) mass is 491 g/mol. The van der Waals surface area contributed by atoms with Gasteiger partial charge in [0.2, 0.25) is 0 Å². The number of esters is 1. The van der Waals surface area contributed by atoms with Crippen molar-refractivity contribution in [3.63, 3.8) is 0 Å². The number of anilines is 5. The van der Waals surface area contributed by atoms with Crippen LogP contribution >= 0.6 is 11.6 Å². The third-order valence-corrected chi connectivity index (χ3v) is 6.20. The summed E-state index contributed by atoms with van der Waals surface area (Å²) in [5.74, 6) is -2.23. The lowest BCUT2D eigenvalue weighted by atomic mass is 9.90. The van der Waals surface area contributed by atoms with Gasteiger partial charge in [-0.05, 0) is 24.6 Å². The van der Waals surface area contributed by atoms with Crippen molar-refractivity contribution in [1.29, 1.82) is 0 Å². The maximum atomic E-state index is 15.5. The minimum atomic E-state index is -0.775. The Morgan fingerprint density at radius 3 is 2.56 bits per heavy atom. The number of fused-ring (bicyclic) bond motifs is 1. The van der Waals surface area contributed by atoms with Crippen LogP contribution in [-0.4, -0.2) is 36.8 Å². The molecule has 0 unspecified atom stereocenters. The molecule has 0 atom stereocenters. The van der Waals surface area contributed by atoms with E-state index in [0.717, 1.165) is 6.07 Å². The van der Waals surface area contributed by atoms with Gasteiger partial charge in [-0.2, -0.15) is 0 Å². The van der Waals surface area contributed by atoms with E-state index in [1.807, 2.05) is 0 Å². The zero-order valence-corrected chi connectivity index (χ0v) is 19.1. The number of halogens is 3. The number of nitrogen functional groups attached to an aromatic ring is 2. The fourth-order valence-corrected chi connectivity index (χ4v) is 4.53. The Balaban J connectivity index is 2.04. The van der Waals surface area contributed by atoms with Crippen molar-refractivity contribution in [2.45, 2.75) is 19.6 Å². The zero-order valence-electron chi connectivity index (χ0n) is 18.4. The number of rotatable bonds is 5. The van der Waals surface area contributed by atoms with Gasteiger partial charge in [-0.25, -0.2) is 13.6 Å². The lowest BCUT2D eigenvalue weighted by Gasteiger charge is -2.41. The molecule has 8 nitrogen and oxygen atoms in total. The summed E-state index contributed by atoms with van der Waals surface area (Å²) < 4.78 is 34.8. The highest BCUT2D eigenvalue weighted by molar-refractivity contribution is 6.37. The lowest BCUT2D eigenvalue weighted by molar-refractivity contribution is -0.138. The van der Waals surface area contributed by atoms with Crippen LogP contribution in [0.4, 0.5) is 37.2 Å². The Bertz CT molecular complexity index is 1240. The van der Waals surface area contributed by atoms with Gasteiger partial charge in [0, 0.05) is 36.5 Å². The number of carbonyl (C=O) groups excluding carboxylic acids is 1. The number of nitrogens with zero attached hydrogens (tertiary/aromatic N) is 2. The van der Waals surface area contributed by atoms with Crippen molar-refractivity contribution in [2.75, 3.05) is 41.0 Å². The standard InChI is InChI=1S/C23H24ClF2N5O3/c1-3-34-23(33)13-8-31(16-5-15(28)14(25)4-11(16)9-32)21-17(10(13)2)20(29)19(26)22(18(21)24)30-6-12(27)7-30/h4-5,8,12,32H,2-3,6-7,9,27-29H2,1H3. The number of hydrogen-bond donors (Lipinski definition) is 4. The van der Waals surface area contributed by atoms with Gasteiger partial charge in [0.25, 0.3) is 0 Å². The van der Waals surface area contributed by atoms with Crippen LogP contribution < -0.4 is 27.0 Å². The van der Waals surface area contributed by atoms with Crippen LogP contribution in [0.3, 0.4) is 0 Å². The minimum Gasteiger partial charge on any atom is -0.462 e. The maximum Gasteiger partial charge on any atom is 0.340 e. The topological polar surface area (TPSA) is 131 Å². The predicted octanol–water partition coefficient (Wildman–Crippen LogP) is 3.03. The molecular formula is C23H24ClF2N5O3. The molecule has 7 N–H and O–H groups in total. The van der Waals surface area contributed by atoms with E-state index in [-0.39, 0.29) is 68.4 Å². The molecular weight excluding hydrogens is 468 g/mol. The number of hydrogen-bond acceptors (Lipinski definition) is 8. The second-order valence-corrected chi connectivity index (χ2v) is 8.43. The first-order chi connectivity index (χ1) is 16.1. The molecule has 2 aromatic carbocycles. The summed E-state index contributed by atoms with van der Waals surface area (Å²) in [4.78, 5) is 15.8. The molecule has 1 fully saturated rings. The van der Waals surface area contributed by atoms with Crippen LogP contribution in [0.2, 0.25) is 5.02 Å². The fraction of sp³-hybridized carbons (Fsp3) is 0.261. The number of aliphatic hydroxyl groups is 1. The first kappa shape index (κ1) is 23.8. The van der Waals surface area contributed by atoms with Crippen LogP contribution in [0.25, 0.3) is 5.57 Å². The molecule has 1 saturated heterocycles. The molecule has 0 radical (unpaired) electrons. The molecule has 180 valence electrons. The van der Waals surface area contributed by atoms with E-state index in [2.05, 4.69) is 6.58 Å². The van der Waals surface area contributed by atoms with Crippen molar-refractivity contribution in [3.05, 3.63) is 58.3 Å². The summed E-state index contributed by atoms with van der Waals surface area (Å²) >= 11 is 6.75. The average molecular weight is 492 g/mol. The fourth-order valence-electron chi connectivity index (χ4n) is 4.14. The van der Waals surface area contributed by atoms with E-state index in [4.69, 9.17) is 33.5 Å². The number of nitrogens with two attached hydrogens (primary N) is 3. The molecule has 0 amide bonds. The third kappa shape index (κ3) is 3.64. The van der Waals surface area contributed by atoms with Gasteiger partial charge in [0.05, 0.1) is 52.2 Å². The predicted molar refractivity (Wildman–Crippen MR) is 129 cm³/mol. The number of ether oxygens (including phenoxy) is 1. The van der Waals surface area contributed by atoms with Crippen LogP contribution in [-0.2, 0) is 16.1 Å².